The molecule has 1 aromatic carbocycles. The lowest BCUT2D eigenvalue weighted by Crippen LogP contribution is -2.26. The van der Waals surface area contributed by atoms with E-state index in [0.717, 1.165) is 12.0 Å². The van der Waals surface area contributed by atoms with Crippen molar-refractivity contribution < 1.29 is 9.53 Å². The van der Waals surface area contributed by atoms with E-state index in [2.05, 4.69) is 21.2 Å². The number of ether oxygens (including phenoxy) is 1. The Kier molecular flexibility index (Phi) is 6.68. The minimum absolute atomic E-state index is 0.0770. The van der Waals surface area contributed by atoms with Gasteiger partial charge in [0, 0.05) is 29.1 Å². The van der Waals surface area contributed by atoms with Crippen LogP contribution in [0.3, 0.4) is 0 Å². The molecule has 1 unspecified atom stereocenters. The van der Waals surface area contributed by atoms with Crippen molar-refractivity contribution in [1.82, 2.24) is 5.32 Å². The zero-order valence-electron chi connectivity index (χ0n) is 10.5. The average Bonchev–Trinajstić information content (AvgIpc) is 2.33. The molecule has 18 heavy (non-hydrogen) atoms. The summed E-state index contributed by atoms with van der Waals surface area (Å²) in [5.74, 6) is -0.0770. The number of benzene rings is 1. The van der Waals surface area contributed by atoms with E-state index in [9.17, 15) is 4.79 Å². The molecule has 100 valence electrons. The highest BCUT2D eigenvalue weighted by Crippen LogP contribution is 2.16. The van der Waals surface area contributed by atoms with Gasteiger partial charge < -0.3 is 10.1 Å². The fourth-order valence-electron chi connectivity index (χ4n) is 1.49. The third-order valence-corrected chi connectivity index (χ3v) is 3.66. The molecule has 1 N–H and O–H groups in total. The fraction of sp³-hybridized carbons (Fsp3) is 0.462. The first-order valence-electron chi connectivity index (χ1n) is 5.72. The van der Waals surface area contributed by atoms with Gasteiger partial charge in [0.05, 0.1) is 6.61 Å². The van der Waals surface area contributed by atoms with Gasteiger partial charge in [0.15, 0.2) is 0 Å². The fourth-order valence-corrected chi connectivity index (χ4v) is 2.11. The lowest BCUT2D eigenvalue weighted by atomic mass is 10.1. The number of methoxy groups -OCH3 is 1. The highest BCUT2D eigenvalue weighted by Gasteiger charge is 2.08. The van der Waals surface area contributed by atoms with E-state index >= 15 is 0 Å². The molecule has 1 amide bonds. The summed E-state index contributed by atoms with van der Waals surface area (Å²) in [4.78, 5) is 12.1. The SMILES string of the molecule is COCC(Br)CCNC(=O)c1ccc(Cl)c(C)c1. The molecule has 0 bridgehead atoms. The van der Waals surface area contributed by atoms with Gasteiger partial charge in [-0.2, -0.15) is 0 Å². The smallest absolute Gasteiger partial charge is 0.251 e. The van der Waals surface area contributed by atoms with Gasteiger partial charge in [0.1, 0.15) is 0 Å². The van der Waals surface area contributed by atoms with Crippen LogP contribution in [0.25, 0.3) is 0 Å². The Bertz CT molecular complexity index is 412. The minimum Gasteiger partial charge on any atom is -0.384 e. The molecule has 0 aliphatic carbocycles. The van der Waals surface area contributed by atoms with Crippen molar-refractivity contribution in [2.45, 2.75) is 18.2 Å². The second kappa shape index (κ2) is 7.77. The summed E-state index contributed by atoms with van der Waals surface area (Å²) in [5.41, 5.74) is 1.54. The molecule has 3 nitrogen and oxygen atoms in total. The Morgan fingerprint density at radius 2 is 2.28 bits per heavy atom. The van der Waals surface area contributed by atoms with Crippen molar-refractivity contribution >= 4 is 33.4 Å². The zero-order valence-corrected chi connectivity index (χ0v) is 12.8. The first kappa shape index (κ1) is 15.5. The van der Waals surface area contributed by atoms with Crippen LogP contribution in [0.2, 0.25) is 5.02 Å². The van der Waals surface area contributed by atoms with Gasteiger partial charge in [-0.1, -0.05) is 27.5 Å². The van der Waals surface area contributed by atoms with Crippen LogP contribution in [0, 0.1) is 6.92 Å². The lowest BCUT2D eigenvalue weighted by molar-refractivity contribution is 0.0952. The summed E-state index contributed by atoms with van der Waals surface area (Å²) in [5, 5.41) is 3.54. The Hall–Kier alpha value is -0.580. The molecule has 5 heteroatoms. The molecule has 0 saturated carbocycles. The molecule has 0 fully saturated rings. The van der Waals surface area contributed by atoms with E-state index in [-0.39, 0.29) is 10.7 Å². The highest BCUT2D eigenvalue weighted by molar-refractivity contribution is 9.09. The van der Waals surface area contributed by atoms with Crippen LogP contribution in [-0.4, -0.2) is 31.0 Å². The highest BCUT2D eigenvalue weighted by atomic mass is 79.9. The van der Waals surface area contributed by atoms with E-state index in [1.54, 1.807) is 25.3 Å². The van der Waals surface area contributed by atoms with Gasteiger partial charge >= 0.3 is 0 Å². The number of rotatable bonds is 6. The molecule has 1 aromatic rings. The predicted molar refractivity (Wildman–Crippen MR) is 77.7 cm³/mol. The molecule has 0 radical (unpaired) electrons. The molecule has 1 atom stereocenters. The molecule has 0 aliphatic heterocycles. The van der Waals surface area contributed by atoms with Gasteiger partial charge in [-0.05, 0) is 37.1 Å². The van der Waals surface area contributed by atoms with Gasteiger partial charge in [-0.15, -0.1) is 0 Å². The van der Waals surface area contributed by atoms with Crippen LogP contribution in [-0.2, 0) is 4.74 Å². The summed E-state index contributed by atoms with van der Waals surface area (Å²) in [6.07, 6.45) is 0.826. The first-order chi connectivity index (χ1) is 8.54. The maximum atomic E-state index is 11.8. The number of hydrogen-bond acceptors (Lipinski definition) is 2. The average molecular weight is 335 g/mol. The predicted octanol–water partition coefficient (Wildman–Crippen LogP) is 3.18. The molecule has 0 aromatic heterocycles. The van der Waals surface area contributed by atoms with Gasteiger partial charge in [0.2, 0.25) is 0 Å². The quantitative estimate of drug-likeness (QED) is 0.812. The maximum absolute atomic E-state index is 11.8. The molecule has 0 spiro atoms. The number of nitrogens with one attached hydrogen (secondary N) is 1. The first-order valence-corrected chi connectivity index (χ1v) is 7.01. The minimum atomic E-state index is -0.0770. The van der Waals surface area contributed by atoms with Crippen LogP contribution in [0.5, 0.6) is 0 Å². The van der Waals surface area contributed by atoms with E-state index in [0.29, 0.717) is 23.7 Å². The number of carbonyl (C=O) groups is 1. The van der Waals surface area contributed by atoms with Crippen molar-refractivity contribution in [1.29, 1.82) is 0 Å². The van der Waals surface area contributed by atoms with Crippen molar-refractivity contribution in [2.75, 3.05) is 20.3 Å². The summed E-state index contributed by atoms with van der Waals surface area (Å²) >= 11 is 9.39. The van der Waals surface area contributed by atoms with Crippen LogP contribution in [0.1, 0.15) is 22.3 Å². The summed E-state index contributed by atoms with van der Waals surface area (Å²) < 4.78 is 5.00. The number of amides is 1. The summed E-state index contributed by atoms with van der Waals surface area (Å²) in [6, 6.07) is 5.26. The third-order valence-electron chi connectivity index (χ3n) is 2.51. The molecule has 1 rings (SSSR count). The monoisotopic (exact) mass is 333 g/mol. The molecular weight excluding hydrogens is 318 g/mol. The van der Waals surface area contributed by atoms with E-state index in [1.807, 2.05) is 6.92 Å². The largest absolute Gasteiger partial charge is 0.384 e. The Balaban J connectivity index is 2.43. The second-order valence-electron chi connectivity index (χ2n) is 4.06. The number of alkyl halides is 1. The van der Waals surface area contributed by atoms with Crippen LogP contribution in [0.4, 0.5) is 0 Å². The Morgan fingerprint density at radius 1 is 1.56 bits per heavy atom. The van der Waals surface area contributed by atoms with Crippen molar-refractivity contribution in [2.24, 2.45) is 0 Å². The van der Waals surface area contributed by atoms with Crippen molar-refractivity contribution in [3.8, 4) is 0 Å². The van der Waals surface area contributed by atoms with Gasteiger partial charge in [-0.3, -0.25) is 4.79 Å². The number of halogens is 2. The molecule has 0 saturated heterocycles. The van der Waals surface area contributed by atoms with Crippen molar-refractivity contribution in [3.63, 3.8) is 0 Å². The lowest BCUT2D eigenvalue weighted by Gasteiger charge is -2.10. The molecule has 0 aliphatic rings. The number of hydrogen-bond donors (Lipinski definition) is 1. The number of carbonyl (C=O) groups excluding carboxylic acids is 1. The summed E-state index contributed by atoms with van der Waals surface area (Å²) in [6.45, 7) is 3.13. The van der Waals surface area contributed by atoms with Gasteiger partial charge in [-0.25, -0.2) is 0 Å². The Morgan fingerprint density at radius 3 is 2.89 bits per heavy atom. The standard InChI is InChI=1S/C13H17BrClNO2/c1-9-7-10(3-4-12(9)15)13(17)16-6-5-11(14)8-18-2/h3-4,7,11H,5-6,8H2,1-2H3,(H,16,17). The summed E-state index contributed by atoms with van der Waals surface area (Å²) in [7, 11) is 1.66. The second-order valence-corrected chi connectivity index (χ2v) is 5.76. The maximum Gasteiger partial charge on any atom is 0.251 e. The number of aryl methyl sites for hydroxylation is 1. The third kappa shape index (κ3) is 4.96. The van der Waals surface area contributed by atoms with E-state index in [4.69, 9.17) is 16.3 Å². The zero-order chi connectivity index (χ0) is 13.5. The topological polar surface area (TPSA) is 38.3 Å². The molecule has 0 heterocycles. The van der Waals surface area contributed by atoms with Crippen molar-refractivity contribution in [3.05, 3.63) is 34.3 Å². The van der Waals surface area contributed by atoms with Crippen LogP contribution >= 0.6 is 27.5 Å². The van der Waals surface area contributed by atoms with Crippen LogP contribution < -0.4 is 5.32 Å². The van der Waals surface area contributed by atoms with E-state index in [1.165, 1.54) is 0 Å². The Labute approximate surface area is 121 Å². The normalized spacial score (nSPS) is 12.2. The van der Waals surface area contributed by atoms with Gasteiger partial charge in [0.25, 0.3) is 5.91 Å². The van der Waals surface area contributed by atoms with Crippen LogP contribution in [0.15, 0.2) is 18.2 Å². The van der Waals surface area contributed by atoms with E-state index < -0.39 is 0 Å². The molecular formula is C13H17BrClNO2.